The maximum atomic E-state index is 12.5. The minimum Gasteiger partial charge on any atom is -0.348 e. The average molecular weight is 283 g/mol. The summed E-state index contributed by atoms with van der Waals surface area (Å²) in [4.78, 5) is 16.8. The predicted octanol–water partition coefficient (Wildman–Crippen LogP) is 2.35. The largest absolute Gasteiger partial charge is 0.348 e. The fourth-order valence-corrected chi connectivity index (χ4v) is 3.00. The van der Waals surface area contributed by atoms with Gasteiger partial charge in [0.05, 0.1) is 0 Å². The average Bonchev–Trinajstić information content (AvgIpc) is 2.55. The van der Waals surface area contributed by atoms with Crippen molar-refractivity contribution in [3.05, 3.63) is 42.2 Å². The molecule has 2 heterocycles. The van der Waals surface area contributed by atoms with E-state index in [1.54, 1.807) is 6.20 Å². The highest BCUT2D eigenvalue weighted by Crippen LogP contribution is 2.18. The number of pyridine rings is 1. The molecule has 4 heteroatoms. The molecule has 3 rings (SSSR count). The standard InChI is InChI=1S/C17H21N3O/c1-12(14-6-4-9-18-11-14)20-17(21)16-15-7-3-2-5-13(15)8-10-19-16/h2-3,5,7-8,10,12,14,18H,4,6,9,11H2,1H3,(H,20,21). The molecule has 2 N–H and O–H groups in total. The van der Waals surface area contributed by atoms with Crippen LogP contribution >= 0.6 is 0 Å². The maximum Gasteiger partial charge on any atom is 0.270 e. The molecule has 1 fully saturated rings. The Morgan fingerprint density at radius 1 is 1.38 bits per heavy atom. The Morgan fingerprint density at radius 2 is 2.24 bits per heavy atom. The van der Waals surface area contributed by atoms with E-state index in [0.29, 0.717) is 11.6 Å². The lowest BCUT2D eigenvalue weighted by Crippen LogP contribution is -2.44. The fourth-order valence-electron chi connectivity index (χ4n) is 3.00. The number of carbonyl (C=O) groups is 1. The van der Waals surface area contributed by atoms with E-state index < -0.39 is 0 Å². The van der Waals surface area contributed by atoms with Crippen LogP contribution in [0.15, 0.2) is 36.5 Å². The number of aromatic nitrogens is 1. The first-order valence-electron chi connectivity index (χ1n) is 7.61. The predicted molar refractivity (Wildman–Crippen MR) is 84.3 cm³/mol. The van der Waals surface area contributed by atoms with Gasteiger partial charge in [-0.2, -0.15) is 0 Å². The zero-order valence-electron chi connectivity index (χ0n) is 12.3. The second kappa shape index (κ2) is 6.22. The van der Waals surface area contributed by atoms with Gasteiger partial charge in [0.15, 0.2) is 0 Å². The molecule has 21 heavy (non-hydrogen) atoms. The van der Waals surface area contributed by atoms with Gasteiger partial charge in [0.25, 0.3) is 5.91 Å². The van der Waals surface area contributed by atoms with Crippen molar-refractivity contribution in [2.24, 2.45) is 5.92 Å². The maximum absolute atomic E-state index is 12.5. The van der Waals surface area contributed by atoms with Gasteiger partial charge in [-0.1, -0.05) is 24.3 Å². The topological polar surface area (TPSA) is 54.0 Å². The lowest BCUT2D eigenvalue weighted by Gasteiger charge is -2.28. The van der Waals surface area contributed by atoms with Gasteiger partial charge in [-0.3, -0.25) is 9.78 Å². The van der Waals surface area contributed by atoms with Crippen molar-refractivity contribution in [3.63, 3.8) is 0 Å². The monoisotopic (exact) mass is 283 g/mol. The van der Waals surface area contributed by atoms with E-state index in [1.807, 2.05) is 30.3 Å². The Bertz CT molecular complexity index is 629. The summed E-state index contributed by atoms with van der Waals surface area (Å²) in [6, 6.07) is 9.95. The third-order valence-electron chi connectivity index (χ3n) is 4.29. The highest BCUT2D eigenvalue weighted by atomic mass is 16.1. The van der Waals surface area contributed by atoms with Crippen LogP contribution in [0.3, 0.4) is 0 Å². The molecule has 1 aromatic heterocycles. The summed E-state index contributed by atoms with van der Waals surface area (Å²) in [6.45, 7) is 4.15. The Labute approximate surface area is 125 Å². The normalized spacial score (nSPS) is 20.1. The molecule has 0 spiro atoms. The number of hydrogen-bond donors (Lipinski definition) is 2. The Kier molecular flexibility index (Phi) is 4.15. The zero-order chi connectivity index (χ0) is 14.7. The number of carbonyl (C=O) groups excluding carboxylic acids is 1. The van der Waals surface area contributed by atoms with Crippen LogP contribution in [0.5, 0.6) is 0 Å². The van der Waals surface area contributed by atoms with Crippen LogP contribution < -0.4 is 10.6 Å². The van der Waals surface area contributed by atoms with Crippen molar-refractivity contribution < 1.29 is 4.79 Å². The third-order valence-corrected chi connectivity index (χ3v) is 4.29. The third kappa shape index (κ3) is 3.05. The van der Waals surface area contributed by atoms with E-state index in [-0.39, 0.29) is 11.9 Å². The van der Waals surface area contributed by atoms with Gasteiger partial charge < -0.3 is 10.6 Å². The van der Waals surface area contributed by atoms with E-state index in [0.717, 1.165) is 30.3 Å². The van der Waals surface area contributed by atoms with Gasteiger partial charge in [0.1, 0.15) is 5.69 Å². The first-order chi connectivity index (χ1) is 10.3. The summed E-state index contributed by atoms with van der Waals surface area (Å²) < 4.78 is 0. The van der Waals surface area contributed by atoms with Crippen molar-refractivity contribution in [1.29, 1.82) is 0 Å². The Morgan fingerprint density at radius 3 is 3.05 bits per heavy atom. The van der Waals surface area contributed by atoms with Gasteiger partial charge in [-0.15, -0.1) is 0 Å². The van der Waals surface area contributed by atoms with Crippen molar-refractivity contribution in [2.45, 2.75) is 25.8 Å². The molecule has 1 saturated heterocycles. The molecule has 110 valence electrons. The van der Waals surface area contributed by atoms with E-state index in [4.69, 9.17) is 0 Å². The number of nitrogens with zero attached hydrogens (tertiary/aromatic N) is 1. The van der Waals surface area contributed by atoms with Crippen LogP contribution in [0.2, 0.25) is 0 Å². The van der Waals surface area contributed by atoms with Crippen LogP contribution in [0.1, 0.15) is 30.3 Å². The number of fused-ring (bicyclic) bond motifs is 1. The van der Waals surface area contributed by atoms with Crippen LogP contribution in [0.25, 0.3) is 10.8 Å². The van der Waals surface area contributed by atoms with E-state index in [9.17, 15) is 4.79 Å². The first-order valence-corrected chi connectivity index (χ1v) is 7.61. The van der Waals surface area contributed by atoms with Gasteiger partial charge >= 0.3 is 0 Å². The number of nitrogens with one attached hydrogen (secondary N) is 2. The molecule has 2 aromatic rings. The quantitative estimate of drug-likeness (QED) is 0.909. The molecule has 0 bridgehead atoms. The summed E-state index contributed by atoms with van der Waals surface area (Å²) >= 11 is 0. The number of amides is 1. The molecule has 1 aliphatic heterocycles. The van der Waals surface area contributed by atoms with Crippen LogP contribution in [0.4, 0.5) is 0 Å². The molecule has 0 saturated carbocycles. The first kappa shape index (κ1) is 14.0. The molecule has 1 amide bonds. The zero-order valence-corrected chi connectivity index (χ0v) is 12.3. The molecule has 1 aliphatic rings. The molecule has 0 aliphatic carbocycles. The molecular weight excluding hydrogens is 262 g/mol. The second-order valence-corrected chi connectivity index (χ2v) is 5.75. The summed E-state index contributed by atoms with van der Waals surface area (Å²) in [6.07, 6.45) is 4.04. The lowest BCUT2D eigenvalue weighted by atomic mass is 9.92. The number of piperidine rings is 1. The van der Waals surface area contributed by atoms with Crippen LogP contribution in [-0.4, -0.2) is 30.0 Å². The highest BCUT2D eigenvalue weighted by Gasteiger charge is 2.22. The van der Waals surface area contributed by atoms with Crippen molar-refractivity contribution in [3.8, 4) is 0 Å². The summed E-state index contributed by atoms with van der Waals surface area (Å²) in [7, 11) is 0. The van der Waals surface area contributed by atoms with Crippen LogP contribution in [-0.2, 0) is 0 Å². The SMILES string of the molecule is CC(NC(=O)c1nccc2ccccc12)C1CCCNC1. The van der Waals surface area contributed by atoms with Crippen LogP contribution in [0, 0.1) is 5.92 Å². The summed E-state index contributed by atoms with van der Waals surface area (Å²) in [5.41, 5.74) is 0.517. The number of rotatable bonds is 3. The van der Waals surface area contributed by atoms with E-state index in [2.05, 4.69) is 22.5 Å². The van der Waals surface area contributed by atoms with Crippen molar-refractivity contribution >= 4 is 16.7 Å². The minimum absolute atomic E-state index is 0.0788. The van der Waals surface area contributed by atoms with Gasteiger partial charge in [0, 0.05) is 17.6 Å². The van der Waals surface area contributed by atoms with Crippen molar-refractivity contribution in [2.75, 3.05) is 13.1 Å². The highest BCUT2D eigenvalue weighted by molar-refractivity contribution is 6.05. The van der Waals surface area contributed by atoms with Gasteiger partial charge in [-0.05, 0) is 50.2 Å². The minimum atomic E-state index is -0.0788. The van der Waals surface area contributed by atoms with Gasteiger partial charge in [-0.25, -0.2) is 0 Å². The smallest absolute Gasteiger partial charge is 0.270 e. The lowest BCUT2D eigenvalue weighted by molar-refractivity contribution is 0.0918. The van der Waals surface area contributed by atoms with E-state index in [1.165, 1.54) is 6.42 Å². The number of hydrogen-bond acceptors (Lipinski definition) is 3. The molecule has 0 radical (unpaired) electrons. The molecule has 1 aromatic carbocycles. The molecule has 4 nitrogen and oxygen atoms in total. The van der Waals surface area contributed by atoms with Crippen molar-refractivity contribution in [1.82, 2.24) is 15.6 Å². The summed E-state index contributed by atoms with van der Waals surface area (Å²) in [5, 5.41) is 8.46. The molecule has 2 unspecified atom stereocenters. The Hall–Kier alpha value is -1.94. The summed E-state index contributed by atoms with van der Waals surface area (Å²) in [5.74, 6) is 0.419. The van der Waals surface area contributed by atoms with E-state index >= 15 is 0 Å². The number of benzene rings is 1. The van der Waals surface area contributed by atoms with Gasteiger partial charge in [0.2, 0.25) is 0 Å². The fraction of sp³-hybridized carbons (Fsp3) is 0.412. The second-order valence-electron chi connectivity index (χ2n) is 5.75. The molecular formula is C17H21N3O. The molecule has 2 atom stereocenters. The Balaban J connectivity index is 1.77.